The van der Waals surface area contributed by atoms with Crippen LogP contribution in [0.4, 0.5) is 0 Å². The first-order valence-corrected chi connectivity index (χ1v) is 5.65. The van der Waals surface area contributed by atoms with Crippen LogP contribution in [0.3, 0.4) is 0 Å². The van der Waals surface area contributed by atoms with Crippen LogP contribution in [0, 0.1) is 12.3 Å². The number of nitrogens with one attached hydrogen (secondary N) is 1. The predicted molar refractivity (Wildman–Crippen MR) is 69.4 cm³/mol. The third kappa shape index (κ3) is 3.79. The molecule has 2 atom stereocenters. The Bertz CT molecular complexity index is 433. The summed E-state index contributed by atoms with van der Waals surface area (Å²) >= 11 is 0. The Morgan fingerprint density at radius 1 is 1.50 bits per heavy atom. The van der Waals surface area contributed by atoms with Crippen molar-refractivity contribution < 1.29 is 14.6 Å². The molecule has 4 heteroatoms. The molecule has 0 fully saturated rings. The predicted octanol–water partition coefficient (Wildman–Crippen LogP) is 1.20. The van der Waals surface area contributed by atoms with Gasteiger partial charge in [-0.2, -0.15) is 0 Å². The SMILES string of the molecule is C#CC[C@H](O)[C@H](C)NC(=O)c1ccc(OC)cc1. The molecule has 18 heavy (non-hydrogen) atoms. The van der Waals surface area contributed by atoms with E-state index in [1.54, 1.807) is 38.3 Å². The molecule has 4 nitrogen and oxygen atoms in total. The van der Waals surface area contributed by atoms with Gasteiger partial charge < -0.3 is 15.2 Å². The summed E-state index contributed by atoms with van der Waals surface area (Å²) in [6.45, 7) is 1.71. The highest BCUT2D eigenvalue weighted by molar-refractivity contribution is 5.94. The lowest BCUT2D eigenvalue weighted by Gasteiger charge is -2.18. The van der Waals surface area contributed by atoms with E-state index >= 15 is 0 Å². The third-order valence-corrected chi connectivity index (χ3v) is 2.62. The minimum Gasteiger partial charge on any atom is -0.497 e. The maximum Gasteiger partial charge on any atom is 0.251 e. The van der Waals surface area contributed by atoms with Crippen LogP contribution in [0.25, 0.3) is 0 Å². The highest BCUT2D eigenvalue weighted by Gasteiger charge is 2.16. The molecule has 0 unspecified atom stereocenters. The van der Waals surface area contributed by atoms with Gasteiger partial charge in [-0.15, -0.1) is 12.3 Å². The number of carbonyl (C=O) groups is 1. The van der Waals surface area contributed by atoms with Crippen LogP contribution >= 0.6 is 0 Å². The van der Waals surface area contributed by atoms with Gasteiger partial charge in [-0.25, -0.2) is 0 Å². The van der Waals surface area contributed by atoms with E-state index in [1.807, 2.05) is 0 Å². The smallest absolute Gasteiger partial charge is 0.251 e. The lowest BCUT2D eigenvalue weighted by molar-refractivity contribution is 0.0858. The van der Waals surface area contributed by atoms with Crippen molar-refractivity contribution in [1.82, 2.24) is 5.32 Å². The highest BCUT2D eigenvalue weighted by Crippen LogP contribution is 2.11. The standard InChI is InChI=1S/C14H17NO3/c1-4-5-13(16)10(2)15-14(17)11-6-8-12(18-3)9-7-11/h1,6-10,13,16H,5H2,2-3H3,(H,15,17)/t10-,13-/m0/s1. The summed E-state index contributed by atoms with van der Waals surface area (Å²) in [5.41, 5.74) is 0.510. The van der Waals surface area contributed by atoms with Gasteiger partial charge in [0.25, 0.3) is 5.91 Å². The van der Waals surface area contributed by atoms with E-state index in [1.165, 1.54) is 0 Å². The summed E-state index contributed by atoms with van der Waals surface area (Å²) < 4.78 is 5.01. The van der Waals surface area contributed by atoms with Gasteiger partial charge >= 0.3 is 0 Å². The highest BCUT2D eigenvalue weighted by atomic mass is 16.5. The van der Waals surface area contributed by atoms with Gasteiger partial charge in [-0.05, 0) is 31.2 Å². The number of aliphatic hydroxyl groups excluding tert-OH is 1. The van der Waals surface area contributed by atoms with Crippen molar-refractivity contribution in [3.8, 4) is 18.1 Å². The molecule has 96 valence electrons. The first-order valence-electron chi connectivity index (χ1n) is 5.65. The molecule has 0 bridgehead atoms. The second kappa shape index (κ2) is 6.67. The fraction of sp³-hybridized carbons (Fsp3) is 0.357. The largest absolute Gasteiger partial charge is 0.497 e. The monoisotopic (exact) mass is 247 g/mol. The summed E-state index contributed by atoms with van der Waals surface area (Å²) in [4.78, 5) is 11.8. The zero-order valence-electron chi connectivity index (χ0n) is 10.5. The fourth-order valence-corrected chi connectivity index (χ4v) is 1.43. The van der Waals surface area contributed by atoms with E-state index in [2.05, 4.69) is 11.2 Å². The maximum absolute atomic E-state index is 11.8. The topological polar surface area (TPSA) is 58.6 Å². The Morgan fingerprint density at radius 3 is 2.61 bits per heavy atom. The first kappa shape index (κ1) is 14.1. The van der Waals surface area contributed by atoms with Gasteiger partial charge in [0.1, 0.15) is 5.75 Å². The summed E-state index contributed by atoms with van der Waals surface area (Å²) in [6.07, 6.45) is 4.58. The number of methoxy groups -OCH3 is 1. The zero-order valence-corrected chi connectivity index (χ0v) is 10.5. The Hall–Kier alpha value is -1.99. The van der Waals surface area contributed by atoms with Gasteiger partial charge in [-0.3, -0.25) is 4.79 Å². The van der Waals surface area contributed by atoms with E-state index < -0.39 is 12.1 Å². The average molecular weight is 247 g/mol. The quantitative estimate of drug-likeness (QED) is 0.769. The van der Waals surface area contributed by atoms with Crippen LogP contribution in [-0.2, 0) is 0 Å². The maximum atomic E-state index is 11.8. The average Bonchev–Trinajstić information content (AvgIpc) is 2.39. The number of ether oxygens (including phenoxy) is 1. The number of hydrogen-bond donors (Lipinski definition) is 2. The van der Waals surface area contributed by atoms with E-state index in [-0.39, 0.29) is 12.3 Å². The molecule has 1 aromatic carbocycles. The van der Waals surface area contributed by atoms with Gasteiger partial charge in [0.2, 0.25) is 0 Å². The molecule has 0 spiro atoms. The lowest BCUT2D eigenvalue weighted by atomic mass is 10.1. The molecule has 1 aromatic rings. The van der Waals surface area contributed by atoms with E-state index in [9.17, 15) is 9.90 Å². The lowest BCUT2D eigenvalue weighted by Crippen LogP contribution is -2.40. The molecule has 1 amide bonds. The Labute approximate surface area is 107 Å². The molecule has 0 aliphatic heterocycles. The van der Waals surface area contributed by atoms with Gasteiger partial charge in [0.05, 0.1) is 19.3 Å². The first-order chi connectivity index (χ1) is 8.58. The van der Waals surface area contributed by atoms with E-state index in [4.69, 9.17) is 11.2 Å². The van der Waals surface area contributed by atoms with Crippen molar-refractivity contribution in [3.05, 3.63) is 29.8 Å². The van der Waals surface area contributed by atoms with E-state index in [0.717, 1.165) is 0 Å². The summed E-state index contributed by atoms with van der Waals surface area (Å²) in [7, 11) is 1.56. The normalized spacial score (nSPS) is 13.2. The van der Waals surface area contributed by atoms with Gasteiger partial charge in [0.15, 0.2) is 0 Å². The molecule has 0 saturated heterocycles. The van der Waals surface area contributed by atoms with Crippen molar-refractivity contribution in [1.29, 1.82) is 0 Å². The van der Waals surface area contributed by atoms with Crippen LogP contribution in [0.1, 0.15) is 23.7 Å². The van der Waals surface area contributed by atoms with Gasteiger partial charge in [0, 0.05) is 12.0 Å². The number of rotatable bonds is 5. The molecular formula is C14H17NO3. The van der Waals surface area contributed by atoms with Crippen molar-refractivity contribution >= 4 is 5.91 Å². The molecular weight excluding hydrogens is 230 g/mol. The third-order valence-electron chi connectivity index (χ3n) is 2.62. The molecule has 2 N–H and O–H groups in total. The summed E-state index contributed by atoms with van der Waals surface area (Å²) in [5.74, 6) is 2.80. The van der Waals surface area contributed by atoms with Gasteiger partial charge in [-0.1, -0.05) is 0 Å². The molecule has 0 radical (unpaired) electrons. The van der Waals surface area contributed by atoms with E-state index in [0.29, 0.717) is 11.3 Å². The van der Waals surface area contributed by atoms with Crippen molar-refractivity contribution in [2.45, 2.75) is 25.5 Å². The molecule has 0 aliphatic carbocycles. The van der Waals surface area contributed by atoms with Crippen molar-refractivity contribution in [2.75, 3.05) is 7.11 Å². The Balaban J connectivity index is 2.62. The van der Waals surface area contributed by atoms with Crippen LogP contribution < -0.4 is 10.1 Å². The minimum absolute atomic E-state index is 0.212. The molecule has 0 saturated carbocycles. The second-order valence-corrected chi connectivity index (χ2v) is 3.97. The Morgan fingerprint density at radius 2 is 2.11 bits per heavy atom. The molecule has 0 aromatic heterocycles. The fourth-order valence-electron chi connectivity index (χ4n) is 1.43. The van der Waals surface area contributed by atoms with Crippen LogP contribution in [-0.4, -0.2) is 30.3 Å². The van der Waals surface area contributed by atoms with Crippen molar-refractivity contribution in [2.24, 2.45) is 0 Å². The number of terminal acetylenes is 1. The minimum atomic E-state index is -0.739. The second-order valence-electron chi connectivity index (χ2n) is 3.97. The zero-order chi connectivity index (χ0) is 13.5. The molecule has 0 heterocycles. The number of amides is 1. The number of aliphatic hydroxyl groups is 1. The number of carbonyl (C=O) groups excluding carboxylic acids is 1. The van der Waals surface area contributed by atoms with Crippen LogP contribution in [0.2, 0.25) is 0 Å². The number of hydrogen-bond acceptors (Lipinski definition) is 3. The summed E-state index contributed by atoms with van der Waals surface area (Å²) in [5, 5.41) is 12.3. The number of benzene rings is 1. The summed E-state index contributed by atoms with van der Waals surface area (Å²) in [6, 6.07) is 6.34. The van der Waals surface area contributed by atoms with Crippen LogP contribution in [0.15, 0.2) is 24.3 Å². The van der Waals surface area contributed by atoms with Crippen molar-refractivity contribution in [3.63, 3.8) is 0 Å². The van der Waals surface area contributed by atoms with Crippen LogP contribution in [0.5, 0.6) is 5.75 Å². The Kier molecular flexibility index (Phi) is 5.22. The molecule has 1 rings (SSSR count). The molecule has 0 aliphatic rings.